The molecule has 0 atom stereocenters. The van der Waals surface area contributed by atoms with E-state index in [0.717, 1.165) is 11.3 Å². The van der Waals surface area contributed by atoms with Crippen molar-refractivity contribution in [3.8, 4) is 11.8 Å². The van der Waals surface area contributed by atoms with Crippen LogP contribution in [0.3, 0.4) is 0 Å². The number of nitrogens with one attached hydrogen (secondary N) is 1. The average molecular weight is 442 g/mol. The van der Waals surface area contributed by atoms with Crippen LogP contribution in [0.4, 0.5) is 10.1 Å². The van der Waals surface area contributed by atoms with Gasteiger partial charge in [0.25, 0.3) is 11.5 Å². The molecule has 2 aromatic heterocycles. The van der Waals surface area contributed by atoms with Crippen LogP contribution in [0, 0.1) is 17.1 Å². The summed E-state index contributed by atoms with van der Waals surface area (Å²) in [6, 6.07) is 19.4. The molecular formula is C24H15FN4O2S. The molecule has 0 aliphatic heterocycles. The van der Waals surface area contributed by atoms with E-state index >= 15 is 0 Å². The lowest BCUT2D eigenvalue weighted by Crippen LogP contribution is -2.32. The first-order valence-corrected chi connectivity index (χ1v) is 10.3. The van der Waals surface area contributed by atoms with E-state index in [1.165, 1.54) is 28.8 Å². The number of thiazole rings is 1. The first kappa shape index (κ1) is 20.9. The Hall–Kier alpha value is -4.35. The Morgan fingerprint density at radius 2 is 1.84 bits per heavy atom. The molecule has 1 N–H and O–H groups in total. The van der Waals surface area contributed by atoms with Gasteiger partial charge in [0.2, 0.25) is 0 Å². The van der Waals surface area contributed by atoms with E-state index in [1.807, 2.05) is 6.07 Å². The summed E-state index contributed by atoms with van der Waals surface area (Å²) in [5, 5.41) is 12.4. The number of hydrogen-bond donors (Lipinski definition) is 1. The number of pyridine rings is 1. The van der Waals surface area contributed by atoms with Gasteiger partial charge in [0, 0.05) is 18.1 Å². The minimum Gasteiger partial charge on any atom is -0.321 e. The van der Waals surface area contributed by atoms with Gasteiger partial charge in [-0.1, -0.05) is 24.3 Å². The molecule has 0 saturated heterocycles. The molecule has 0 spiro atoms. The lowest BCUT2D eigenvalue weighted by atomic mass is 10.2. The van der Waals surface area contributed by atoms with E-state index < -0.39 is 11.7 Å². The Bertz CT molecular complexity index is 1490. The van der Waals surface area contributed by atoms with Crippen LogP contribution in [0.1, 0.15) is 5.56 Å². The molecule has 0 saturated carbocycles. The third-order valence-corrected chi connectivity index (χ3v) is 5.57. The Morgan fingerprint density at radius 1 is 1.09 bits per heavy atom. The second-order valence-corrected chi connectivity index (χ2v) is 7.66. The van der Waals surface area contributed by atoms with Crippen LogP contribution in [-0.2, 0) is 4.79 Å². The highest BCUT2D eigenvalue weighted by Crippen LogP contribution is 2.10. The standard InChI is InChI=1S/C24H15FN4O2S/c25-17-8-10-18(11-9-17)28-22(30)20(14-26)24-29(19-6-2-1-3-7-19)23(31)21(32-24)13-16-5-4-12-27-15-16/h1-13,15H,(H,28,30). The fraction of sp³-hybridized carbons (Fsp3) is 0. The lowest BCUT2D eigenvalue weighted by molar-refractivity contribution is -0.111. The van der Waals surface area contributed by atoms with Crippen molar-refractivity contribution in [2.75, 3.05) is 5.32 Å². The van der Waals surface area contributed by atoms with E-state index in [9.17, 15) is 19.2 Å². The molecule has 4 aromatic rings. The molecule has 1 amide bonds. The van der Waals surface area contributed by atoms with Gasteiger partial charge in [0.05, 0.1) is 10.2 Å². The van der Waals surface area contributed by atoms with Crippen LogP contribution in [0.15, 0.2) is 83.9 Å². The third kappa shape index (κ3) is 4.38. The molecule has 0 aliphatic carbocycles. The number of nitriles is 1. The summed E-state index contributed by atoms with van der Waals surface area (Å²) in [7, 11) is 0. The molecule has 2 aromatic carbocycles. The Kier molecular flexibility index (Phi) is 6.01. The van der Waals surface area contributed by atoms with Gasteiger partial charge in [-0.25, -0.2) is 4.39 Å². The Labute approximate surface area is 185 Å². The van der Waals surface area contributed by atoms with Crippen LogP contribution in [0.2, 0.25) is 0 Å². The first-order chi connectivity index (χ1) is 15.6. The molecule has 2 heterocycles. The van der Waals surface area contributed by atoms with Gasteiger partial charge in [-0.2, -0.15) is 5.26 Å². The molecule has 156 valence electrons. The number of aromatic nitrogens is 2. The molecule has 0 aliphatic rings. The van der Waals surface area contributed by atoms with E-state index in [-0.39, 0.29) is 15.8 Å². The molecule has 0 radical (unpaired) electrons. The predicted molar refractivity (Wildman–Crippen MR) is 121 cm³/mol. The van der Waals surface area contributed by atoms with Crippen molar-refractivity contribution >= 4 is 34.6 Å². The third-order valence-electron chi connectivity index (χ3n) is 4.47. The zero-order valence-electron chi connectivity index (χ0n) is 16.5. The number of para-hydroxylation sites is 1. The van der Waals surface area contributed by atoms with E-state index in [2.05, 4.69) is 10.3 Å². The van der Waals surface area contributed by atoms with E-state index in [1.54, 1.807) is 60.9 Å². The average Bonchev–Trinajstić information content (AvgIpc) is 3.12. The highest BCUT2D eigenvalue weighted by Gasteiger charge is 2.17. The highest BCUT2D eigenvalue weighted by atomic mass is 32.1. The van der Waals surface area contributed by atoms with Crippen molar-refractivity contribution in [3.63, 3.8) is 0 Å². The van der Waals surface area contributed by atoms with Gasteiger partial charge < -0.3 is 5.32 Å². The molecule has 6 nitrogen and oxygen atoms in total. The SMILES string of the molecule is N#CC(C(=O)Nc1ccc(F)cc1)=c1sc(=Cc2cccnc2)c(=O)n1-c1ccccc1. The zero-order valence-corrected chi connectivity index (χ0v) is 17.3. The number of hydrogen-bond acceptors (Lipinski definition) is 5. The van der Waals surface area contributed by atoms with Crippen LogP contribution in [-0.4, -0.2) is 15.5 Å². The lowest BCUT2D eigenvalue weighted by Gasteiger charge is -2.05. The molecular weight excluding hydrogens is 427 g/mol. The minimum absolute atomic E-state index is 0.193. The van der Waals surface area contributed by atoms with Crippen molar-refractivity contribution in [2.24, 2.45) is 0 Å². The summed E-state index contributed by atoms with van der Waals surface area (Å²) in [5.74, 6) is -1.14. The number of halogens is 1. The fourth-order valence-corrected chi connectivity index (χ4v) is 4.10. The second-order valence-electron chi connectivity index (χ2n) is 6.63. The number of benzene rings is 2. The van der Waals surface area contributed by atoms with Gasteiger partial charge in [-0.3, -0.25) is 19.1 Å². The smallest absolute Gasteiger partial charge is 0.273 e. The quantitative estimate of drug-likeness (QED) is 0.526. The number of anilines is 1. The molecule has 0 fully saturated rings. The van der Waals surface area contributed by atoms with E-state index in [4.69, 9.17) is 0 Å². The first-order valence-electron chi connectivity index (χ1n) is 9.47. The van der Waals surface area contributed by atoms with Gasteiger partial charge in [0.1, 0.15) is 16.5 Å². The number of amides is 1. The number of nitrogens with zero attached hydrogens (tertiary/aromatic N) is 3. The summed E-state index contributed by atoms with van der Waals surface area (Å²) in [6.45, 7) is 0. The maximum atomic E-state index is 13.3. The summed E-state index contributed by atoms with van der Waals surface area (Å²) in [5.41, 5.74) is 0.980. The van der Waals surface area contributed by atoms with Crippen LogP contribution in [0.5, 0.6) is 0 Å². The van der Waals surface area contributed by atoms with Gasteiger partial charge in [-0.05, 0) is 54.1 Å². The van der Waals surface area contributed by atoms with Crippen molar-refractivity contribution < 1.29 is 9.18 Å². The number of carbonyl (C=O) groups is 1. The van der Waals surface area contributed by atoms with Crippen LogP contribution < -0.4 is 20.1 Å². The largest absolute Gasteiger partial charge is 0.321 e. The summed E-state index contributed by atoms with van der Waals surface area (Å²) < 4.78 is 15.0. The number of rotatable bonds is 4. The topological polar surface area (TPSA) is 87.8 Å². The van der Waals surface area contributed by atoms with E-state index in [0.29, 0.717) is 21.5 Å². The fourth-order valence-electron chi connectivity index (χ4n) is 3.00. The maximum absolute atomic E-state index is 13.3. The monoisotopic (exact) mass is 442 g/mol. The normalized spacial score (nSPS) is 12.2. The second kappa shape index (κ2) is 9.20. The predicted octanol–water partition coefficient (Wildman–Crippen LogP) is 2.57. The van der Waals surface area contributed by atoms with Crippen molar-refractivity contribution in [1.29, 1.82) is 5.26 Å². The van der Waals surface area contributed by atoms with Gasteiger partial charge in [0.15, 0.2) is 5.57 Å². The molecule has 0 bridgehead atoms. The summed E-state index contributed by atoms with van der Waals surface area (Å²) >= 11 is 1.04. The van der Waals surface area contributed by atoms with Crippen molar-refractivity contribution in [2.45, 2.75) is 0 Å². The molecule has 4 rings (SSSR count). The zero-order chi connectivity index (χ0) is 22.5. The maximum Gasteiger partial charge on any atom is 0.273 e. The number of carbonyl (C=O) groups excluding carboxylic acids is 1. The van der Waals surface area contributed by atoms with Gasteiger partial charge in [-0.15, -0.1) is 11.3 Å². The summed E-state index contributed by atoms with van der Waals surface area (Å²) in [4.78, 5) is 30.2. The Morgan fingerprint density at radius 3 is 2.50 bits per heavy atom. The minimum atomic E-state index is -0.696. The highest BCUT2D eigenvalue weighted by molar-refractivity contribution is 7.07. The van der Waals surface area contributed by atoms with Gasteiger partial charge >= 0.3 is 0 Å². The van der Waals surface area contributed by atoms with Crippen LogP contribution >= 0.6 is 11.3 Å². The molecule has 0 unspecified atom stereocenters. The Balaban J connectivity index is 1.94. The molecule has 8 heteroatoms. The van der Waals surface area contributed by atoms with Crippen molar-refractivity contribution in [3.05, 3.63) is 110 Å². The van der Waals surface area contributed by atoms with Crippen LogP contribution in [0.25, 0.3) is 17.3 Å². The summed E-state index contributed by atoms with van der Waals surface area (Å²) in [6.07, 6.45) is 4.90. The molecule has 32 heavy (non-hydrogen) atoms. The van der Waals surface area contributed by atoms with Crippen molar-refractivity contribution in [1.82, 2.24) is 9.55 Å².